The van der Waals surface area contributed by atoms with Crippen molar-refractivity contribution in [3.63, 3.8) is 0 Å². The molecule has 142 valence electrons. The van der Waals surface area contributed by atoms with Crippen LogP contribution in [0, 0.1) is 6.92 Å². The van der Waals surface area contributed by atoms with Crippen molar-refractivity contribution >= 4 is 62.9 Å². The Kier molecular flexibility index (Phi) is 8.62. The number of anilines is 1. The number of hydrogen-bond acceptors (Lipinski definition) is 4. The zero-order valence-corrected chi connectivity index (χ0v) is 19.8. The van der Waals surface area contributed by atoms with E-state index in [1.54, 1.807) is 11.3 Å². The van der Waals surface area contributed by atoms with Crippen molar-refractivity contribution in [2.45, 2.75) is 25.8 Å². The van der Waals surface area contributed by atoms with Gasteiger partial charge in [-0.05, 0) is 37.6 Å². The molecule has 8 heteroatoms. The molecule has 0 radical (unpaired) electrons. The summed E-state index contributed by atoms with van der Waals surface area (Å²) in [7, 11) is 1.82. The lowest BCUT2D eigenvalue weighted by Gasteiger charge is -2.20. The van der Waals surface area contributed by atoms with Crippen molar-refractivity contribution in [2.24, 2.45) is 4.99 Å². The maximum absolute atomic E-state index is 4.49. The lowest BCUT2D eigenvalue weighted by atomic mass is 10.2. The summed E-state index contributed by atoms with van der Waals surface area (Å²) in [5, 5.41) is 10.2. The smallest absolute Gasteiger partial charge is 0.191 e. The predicted octanol–water partition coefficient (Wildman–Crippen LogP) is 3.82. The van der Waals surface area contributed by atoms with Crippen molar-refractivity contribution in [1.29, 1.82) is 0 Å². The molecule has 2 aromatic rings. The van der Waals surface area contributed by atoms with Gasteiger partial charge in [-0.2, -0.15) is 0 Å². The van der Waals surface area contributed by atoms with E-state index < -0.39 is 0 Å². The predicted molar refractivity (Wildman–Crippen MR) is 125 cm³/mol. The Hall–Kier alpha value is -0.870. The normalized spacial score (nSPS) is 17.1. The van der Waals surface area contributed by atoms with E-state index in [0.29, 0.717) is 6.04 Å². The number of aryl methyl sites for hydroxylation is 1. The van der Waals surface area contributed by atoms with Crippen LogP contribution in [0.5, 0.6) is 0 Å². The van der Waals surface area contributed by atoms with Gasteiger partial charge in [-0.25, -0.2) is 4.98 Å². The molecule has 1 aliphatic heterocycles. The quantitative estimate of drug-likeness (QED) is 0.338. The first kappa shape index (κ1) is 21.4. The number of benzene rings is 1. The molecule has 0 bridgehead atoms. The Morgan fingerprint density at radius 1 is 1.38 bits per heavy atom. The molecule has 2 heterocycles. The van der Waals surface area contributed by atoms with E-state index in [9.17, 15) is 0 Å². The summed E-state index contributed by atoms with van der Waals surface area (Å²) in [5.41, 5.74) is 2.42. The zero-order chi connectivity index (χ0) is 17.6. The van der Waals surface area contributed by atoms with Gasteiger partial charge in [0.25, 0.3) is 0 Å². The van der Waals surface area contributed by atoms with Crippen molar-refractivity contribution in [3.05, 3.63) is 44.8 Å². The molecule has 1 aromatic heterocycles. The molecule has 1 aromatic carbocycles. The molecule has 1 atom stereocenters. The first-order chi connectivity index (χ1) is 12.1. The van der Waals surface area contributed by atoms with Crippen molar-refractivity contribution < 1.29 is 0 Å². The van der Waals surface area contributed by atoms with E-state index in [1.165, 1.54) is 5.69 Å². The van der Waals surface area contributed by atoms with E-state index >= 15 is 0 Å². The Morgan fingerprint density at radius 3 is 2.81 bits per heavy atom. The summed E-state index contributed by atoms with van der Waals surface area (Å²) in [5.74, 6) is 0.870. The number of thiazole rings is 1. The Bertz CT molecular complexity index is 719. The summed E-state index contributed by atoms with van der Waals surface area (Å²) >= 11 is 5.19. The summed E-state index contributed by atoms with van der Waals surface area (Å²) < 4.78 is 1.12. The topological polar surface area (TPSA) is 52.6 Å². The molecule has 2 N–H and O–H groups in total. The molecule has 26 heavy (non-hydrogen) atoms. The minimum absolute atomic E-state index is 0. The SMILES string of the molecule is CN=C(NCCc1csc(C)n1)NC1CCN(c2ccc(Br)cc2)C1.I. The highest BCUT2D eigenvalue weighted by Crippen LogP contribution is 2.22. The highest BCUT2D eigenvalue weighted by Gasteiger charge is 2.23. The van der Waals surface area contributed by atoms with Gasteiger partial charge in [-0.1, -0.05) is 15.9 Å². The second-order valence-corrected chi connectivity index (χ2v) is 8.14. The lowest BCUT2D eigenvalue weighted by Crippen LogP contribution is -2.45. The number of nitrogens with zero attached hydrogens (tertiary/aromatic N) is 3. The average molecular weight is 550 g/mol. The lowest BCUT2D eigenvalue weighted by molar-refractivity contribution is 0.647. The molecule has 1 aliphatic rings. The van der Waals surface area contributed by atoms with Crippen molar-refractivity contribution in [1.82, 2.24) is 15.6 Å². The van der Waals surface area contributed by atoms with E-state index in [1.807, 2.05) is 14.0 Å². The zero-order valence-electron chi connectivity index (χ0n) is 15.0. The van der Waals surface area contributed by atoms with E-state index in [-0.39, 0.29) is 24.0 Å². The highest BCUT2D eigenvalue weighted by molar-refractivity contribution is 14.0. The van der Waals surface area contributed by atoms with Crippen LogP contribution < -0.4 is 15.5 Å². The molecule has 0 aliphatic carbocycles. The van der Waals surface area contributed by atoms with Gasteiger partial charge in [0.1, 0.15) is 0 Å². The monoisotopic (exact) mass is 549 g/mol. The first-order valence-electron chi connectivity index (χ1n) is 8.53. The highest BCUT2D eigenvalue weighted by atomic mass is 127. The summed E-state index contributed by atoms with van der Waals surface area (Å²) in [6, 6.07) is 8.93. The third-order valence-corrected chi connectivity index (χ3v) is 5.64. The fourth-order valence-corrected chi connectivity index (χ4v) is 3.90. The molecule has 0 spiro atoms. The Balaban J connectivity index is 0.00000243. The first-order valence-corrected chi connectivity index (χ1v) is 10.2. The van der Waals surface area contributed by atoms with Crippen LogP contribution in [0.25, 0.3) is 0 Å². The van der Waals surface area contributed by atoms with E-state index in [2.05, 4.69) is 71.1 Å². The van der Waals surface area contributed by atoms with Crippen LogP contribution in [0.15, 0.2) is 39.1 Å². The van der Waals surface area contributed by atoms with Crippen LogP contribution in [-0.2, 0) is 6.42 Å². The minimum atomic E-state index is 0. The maximum Gasteiger partial charge on any atom is 0.191 e. The third kappa shape index (κ3) is 6.09. The van der Waals surface area contributed by atoms with Crippen LogP contribution in [0.1, 0.15) is 17.1 Å². The fourth-order valence-electron chi connectivity index (χ4n) is 2.98. The maximum atomic E-state index is 4.49. The van der Waals surface area contributed by atoms with Crippen LogP contribution in [-0.4, -0.2) is 43.7 Å². The molecule has 0 saturated carbocycles. The van der Waals surface area contributed by atoms with Crippen LogP contribution >= 0.6 is 51.2 Å². The number of halogens is 2. The number of guanidine groups is 1. The summed E-state index contributed by atoms with van der Waals surface area (Å²) in [6.07, 6.45) is 2.03. The molecule has 0 amide bonds. The van der Waals surface area contributed by atoms with E-state index in [4.69, 9.17) is 0 Å². The van der Waals surface area contributed by atoms with Gasteiger partial charge >= 0.3 is 0 Å². The van der Waals surface area contributed by atoms with Crippen molar-refractivity contribution in [3.8, 4) is 0 Å². The Morgan fingerprint density at radius 2 is 2.15 bits per heavy atom. The van der Waals surface area contributed by atoms with Crippen LogP contribution in [0.3, 0.4) is 0 Å². The van der Waals surface area contributed by atoms with Gasteiger partial charge in [0.05, 0.1) is 10.7 Å². The van der Waals surface area contributed by atoms with E-state index in [0.717, 1.165) is 53.6 Å². The van der Waals surface area contributed by atoms with Crippen molar-refractivity contribution in [2.75, 3.05) is 31.6 Å². The Labute approximate surface area is 184 Å². The molecule has 5 nitrogen and oxygen atoms in total. The molecule has 3 rings (SSSR count). The van der Waals surface area contributed by atoms with Crippen LogP contribution in [0.2, 0.25) is 0 Å². The average Bonchev–Trinajstić information content (AvgIpc) is 3.24. The largest absolute Gasteiger partial charge is 0.369 e. The van der Waals surface area contributed by atoms with Gasteiger partial charge in [-0.15, -0.1) is 35.3 Å². The summed E-state index contributed by atoms with van der Waals surface area (Å²) in [6.45, 7) is 4.94. The number of nitrogens with one attached hydrogen (secondary N) is 2. The number of aromatic nitrogens is 1. The number of rotatable bonds is 5. The molecule has 1 fully saturated rings. The van der Waals surface area contributed by atoms with Crippen LogP contribution in [0.4, 0.5) is 5.69 Å². The number of hydrogen-bond donors (Lipinski definition) is 2. The molecular weight excluding hydrogens is 525 g/mol. The van der Waals surface area contributed by atoms with Gasteiger partial charge in [-0.3, -0.25) is 4.99 Å². The van der Waals surface area contributed by atoms with Gasteiger partial charge in [0.2, 0.25) is 0 Å². The van der Waals surface area contributed by atoms with Gasteiger partial charge in [0, 0.05) is 54.7 Å². The second kappa shape index (κ2) is 10.5. The van der Waals surface area contributed by atoms with Gasteiger partial charge in [0.15, 0.2) is 5.96 Å². The summed E-state index contributed by atoms with van der Waals surface area (Å²) in [4.78, 5) is 11.3. The fraction of sp³-hybridized carbons (Fsp3) is 0.444. The second-order valence-electron chi connectivity index (χ2n) is 6.16. The third-order valence-electron chi connectivity index (χ3n) is 4.28. The molecule has 1 saturated heterocycles. The van der Waals surface area contributed by atoms with Gasteiger partial charge < -0.3 is 15.5 Å². The number of aliphatic imine (C=N–C) groups is 1. The minimum Gasteiger partial charge on any atom is -0.369 e. The molecular formula is C18H25BrIN5S. The molecule has 1 unspecified atom stereocenters. The standard InChI is InChI=1S/C18H24BrN5S.HI/c1-13-22-16(12-25-13)7-9-21-18(20-2)23-15-8-10-24(11-15)17-5-3-14(19)4-6-17;/h3-6,12,15H,7-11H2,1-2H3,(H2,20,21,23);1H.